The SMILES string of the molecule is [2H]/C(=C(/[2H])C(O)C(C)(C([2H])([2H])[2H])C([2H])([2H])[2H])c1ccc2c(c1)OCO2.[2H]/C(=C(/[2H])C(O)C(C)(C)C)c1ccc2c(c1)OC([2H])([2H])O2.[2H]/C(=C(/[2H])C(O)C(C)(C)C)c1ccc2c(c1)OCO2.[2H]/C(=C(/[2H])C([2H])(O)C(C)(C)C)c1ccc2c(c1)OCO2.[2H]c1c([2H])c2c(c([2H])c1/C=C/C([2H])(O)C(C)(C([2H])([2H])[2H])C([2H])([2H])[2H])OC([2H])([2H])O2.[2H]c1c([2H])c2c(c([2H])c1/C=C/C([2H])(O)C(C)(C([2H])([2H])[2H])C([2H])([2H])[2H])OCO2.[2H]c1c([2H])c2c(c([2H])c1/C=C/C([2H])(O)C(C)(C)C)OC([2H])([2H])O2. The summed E-state index contributed by atoms with van der Waals surface area (Å²) in [5.74, 6) is 1.83. The first-order valence-electron chi connectivity index (χ1n) is 58.7. The summed E-state index contributed by atoms with van der Waals surface area (Å²) < 4.78 is 418. The van der Waals surface area contributed by atoms with Crippen LogP contribution in [0.2, 0.25) is 0 Å². The lowest BCUT2D eigenvalue weighted by Crippen LogP contribution is -2.23. The molecular weight excluding hydrogens is 1510 g/mol. The van der Waals surface area contributed by atoms with Crippen LogP contribution in [0.15, 0.2) is 170 Å². The van der Waals surface area contributed by atoms with Gasteiger partial charge in [-0.3, -0.25) is 0 Å². The fourth-order valence-corrected chi connectivity index (χ4v) is 8.47. The van der Waals surface area contributed by atoms with E-state index in [1.165, 1.54) is 42.5 Å². The first-order valence-corrected chi connectivity index (χ1v) is 36.2. The molecule has 7 aliphatic rings. The molecule has 0 saturated carbocycles. The number of aliphatic hydroxyl groups excluding tert-OH is 3. The highest BCUT2D eigenvalue weighted by Crippen LogP contribution is 2.40. The molecule has 7 unspecified atom stereocenters. The highest BCUT2D eigenvalue weighted by molar-refractivity contribution is 5.63. The van der Waals surface area contributed by atoms with E-state index in [9.17, 15) is 35.7 Å². The lowest BCUT2D eigenvalue weighted by molar-refractivity contribution is 0.106. The summed E-state index contributed by atoms with van der Waals surface area (Å²) in [6.45, 7) is -3.29. The Bertz CT molecular complexity index is 6900. The van der Waals surface area contributed by atoms with Crippen LogP contribution in [0.1, 0.15) is 246 Å². The van der Waals surface area contributed by atoms with Crippen molar-refractivity contribution >= 4 is 42.4 Å². The quantitative estimate of drug-likeness (QED) is 0.0533. The monoisotopic (exact) mass is 1680 g/mol. The number of hydrogen-bond donors (Lipinski definition) is 7. The predicted molar refractivity (Wildman–Crippen MR) is 469 cm³/mol. The molecule has 644 valence electrons. The van der Waals surface area contributed by atoms with Crippen LogP contribution in [0.4, 0.5) is 0 Å². The van der Waals surface area contributed by atoms with Crippen LogP contribution in [-0.4, -0.2) is 126 Å². The zero-order chi connectivity index (χ0) is 126. The van der Waals surface area contributed by atoms with Crippen LogP contribution in [0.5, 0.6) is 80.5 Å². The van der Waals surface area contributed by atoms with Crippen LogP contribution in [-0.2, 0) is 0 Å². The number of aliphatic hydroxyl groups is 7. The number of fused-ring (bicyclic) bond motifs is 7. The molecule has 0 aliphatic carbocycles. The van der Waals surface area contributed by atoms with Gasteiger partial charge in [0, 0.05) is 24.7 Å². The fourth-order valence-electron chi connectivity index (χ4n) is 8.47. The number of ether oxygens (including phenoxy) is 14. The first kappa shape index (κ1) is 48.8. The molecule has 0 saturated heterocycles. The molecule has 7 heterocycles. The van der Waals surface area contributed by atoms with Crippen molar-refractivity contribution in [3.8, 4) is 80.5 Å². The Morgan fingerprint density at radius 2 is 0.529 bits per heavy atom. The minimum Gasteiger partial charge on any atom is -0.454 e. The van der Waals surface area contributed by atoms with Crippen molar-refractivity contribution in [3.63, 3.8) is 0 Å². The molecule has 7 aliphatic heterocycles. The maximum atomic E-state index is 10.5. The summed E-state index contributed by atoms with van der Waals surface area (Å²) >= 11 is 0. The standard InChI is InChI=1S/7C14H18O3/c7*1-14(2,3)13(15)7-5-10-4-6-11-12(8-10)17-9-16-11/h7*4-8,13,15H,9H2,1-3H3/b7*7-5+/i1D3,2D3,4D,6D,8D,9D2,13D;1D3,2D3,4D,6D,8D,13D;4D,6D,8D,9D2,13D;1D3,2D3,5D,7D;5D,7D,13D;5D,7D,9D2;5D,7D. The van der Waals surface area contributed by atoms with E-state index in [0.717, 1.165) is 32.1 Å². The molecule has 7 N–H and O–H groups in total. The average Bonchev–Trinajstić information content (AvgIpc) is 0.953. The van der Waals surface area contributed by atoms with Gasteiger partial charge < -0.3 is 102 Å². The molecule has 7 aromatic carbocycles. The Balaban J connectivity index is 0.000000232. The fraction of sp³-hybridized carbons (Fsp3) is 0.429. The third-order valence-electron chi connectivity index (χ3n) is 15.9. The molecule has 21 nitrogen and oxygen atoms in total. The highest BCUT2D eigenvalue weighted by Gasteiger charge is 2.27. The number of benzene rings is 7. The minimum absolute atomic E-state index is 0.000671. The molecule has 119 heavy (non-hydrogen) atoms. The Morgan fingerprint density at radius 3 is 0.857 bits per heavy atom. The Hall–Kier alpha value is -10.4. The largest absolute Gasteiger partial charge is 0.454 e. The molecule has 0 aromatic heterocycles. The number of hydrogen-bond acceptors (Lipinski definition) is 21. The van der Waals surface area contributed by atoms with Gasteiger partial charge >= 0.3 is 0 Å². The summed E-state index contributed by atoms with van der Waals surface area (Å²) in [6, 6.07) is 12.2. The molecule has 7 aromatic rings. The van der Waals surface area contributed by atoms with E-state index < -0.39 is 207 Å². The topological polar surface area (TPSA) is 271 Å². The van der Waals surface area contributed by atoms with Crippen LogP contribution in [0.25, 0.3) is 42.4 Å². The van der Waals surface area contributed by atoms with E-state index in [4.69, 9.17) is 128 Å². The van der Waals surface area contributed by atoms with Gasteiger partial charge in [-0.2, -0.15) is 0 Å². The van der Waals surface area contributed by atoms with E-state index in [2.05, 4.69) is 0 Å². The summed E-state index contributed by atoms with van der Waals surface area (Å²) in [7, 11) is 0. The van der Waals surface area contributed by atoms with Crippen LogP contribution in [0, 0.1) is 37.9 Å². The second-order valence-corrected chi connectivity index (χ2v) is 30.9. The first-order chi connectivity index (χ1) is 73.9. The molecule has 21 heteroatoms. The van der Waals surface area contributed by atoms with Crippen molar-refractivity contribution in [1.82, 2.24) is 0 Å². The zero-order valence-corrected chi connectivity index (χ0v) is 67.8. The smallest absolute Gasteiger partial charge is 0.231 e. The highest BCUT2D eigenvalue weighted by atomic mass is 16.7. The van der Waals surface area contributed by atoms with Gasteiger partial charge in [0.05, 0.1) is 71.4 Å². The summed E-state index contributed by atoms with van der Waals surface area (Å²) in [5.41, 5.74) is -10.3. The summed E-state index contributed by atoms with van der Waals surface area (Å²) in [5, 5.41) is 71.8. The third-order valence-corrected chi connectivity index (χ3v) is 15.9. The van der Waals surface area contributed by atoms with Gasteiger partial charge in [-0.1, -0.05) is 272 Å². The molecule has 0 spiro atoms. The van der Waals surface area contributed by atoms with E-state index in [1.807, 2.05) is 20.8 Å². The van der Waals surface area contributed by atoms with E-state index in [-0.39, 0.29) is 133 Å². The summed E-state index contributed by atoms with van der Waals surface area (Å²) in [6.07, 6.45) is -9.51. The van der Waals surface area contributed by atoms with E-state index >= 15 is 0 Å². The zero-order valence-electron chi connectivity index (χ0n) is 113. The van der Waals surface area contributed by atoms with E-state index in [1.54, 1.807) is 98.7 Å². The molecule has 0 radical (unpaired) electrons. The Morgan fingerprint density at radius 1 is 0.286 bits per heavy atom. The molecule has 0 fully saturated rings. The Kier molecular flexibility index (Phi) is 17.0. The van der Waals surface area contributed by atoms with Crippen molar-refractivity contribution in [2.75, 3.05) is 47.4 Å². The van der Waals surface area contributed by atoms with Gasteiger partial charge in [0.2, 0.25) is 47.4 Å². The predicted octanol–water partition coefficient (Wildman–Crippen LogP) is 19.8. The minimum atomic E-state index is -3.28. The van der Waals surface area contributed by atoms with Gasteiger partial charge in [0.25, 0.3) is 0 Å². The normalized spacial score (nSPS) is 25.6. The lowest BCUT2D eigenvalue weighted by Gasteiger charge is -2.22. The molecule has 14 rings (SSSR count). The van der Waals surface area contributed by atoms with Gasteiger partial charge in [-0.05, 0) is 162 Å². The van der Waals surface area contributed by atoms with Crippen molar-refractivity contribution in [1.29, 1.82) is 0 Å². The van der Waals surface area contributed by atoms with Crippen molar-refractivity contribution < 1.29 is 164 Å². The van der Waals surface area contributed by atoms with Gasteiger partial charge in [-0.25, -0.2) is 0 Å². The van der Waals surface area contributed by atoms with Crippen LogP contribution < -0.4 is 66.3 Å². The maximum Gasteiger partial charge on any atom is 0.231 e. The van der Waals surface area contributed by atoms with Crippen molar-refractivity contribution in [2.45, 2.75) is 188 Å². The summed E-state index contributed by atoms with van der Waals surface area (Å²) in [4.78, 5) is 0. The molecule has 0 bridgehead atoms. The lowest BCUT2D eigenvalue weighted by atomic mass is 9.89. The average molecular weight is 1690 g/mol. The molecule has 7 atom stereocenters. The Labute approximate surface area is 767 Å². The van der Waals surface area contributed by atoms with Crippen molar-refractivity contribution in [3.05, 3.63) is 209 Å². The van der Waals surface area contributed by atoms with Crippen LogP contribution in [0.3, 0.4) is 0 Å². The van der Waals surface area contributed by atoms with Crippen molar-refractivity contribution in [2.24, 2.45) is 37.9 Å². The second kappa shape index (κ2) is 41.6. The van der Waals surface area contributed by atoms with Gasteiger partial charge in [0.15, 0.2) is 80.5 Å². The van der Waals surface area contributed by atoms with Gasteiger partial charge in [-0.15, -0.1) is 0 Å². The molecule has 0 amide bonds. The maximum absolute atomic E-state index is 10.5. The second-order valence-electron chi connectivity index (χ2n) is 30.9. The number of rotatable bonds is 14. The van der Waals surface area contributed by atoms with Crippen LogP contribution >= 0.6 is 0 Å². The van der Waals surface area contributed by atoms with Gasteiger partial charge in [0.1, 0.15) is 8.22 Å². The molecular formula is C98H126O21. The van der Waals surface area contributed by atoms with E-state index in [0.29, 0.717) is 70.3 Å². The third kappa shape index (κ3) is 30.1.